The second-order valence-corrected chi connectivity index (χ2v) is 6.34. The Morgan fingerprint density at radius 2 is 2.20 bits per heavy atom. The number of fused-ring (bicyclic) bond motifs is 1. The minimum absolute atomic E-state index is 0.0841. The van der Waals surface area contributed by atoms with Crippen LogP contribution in [0.25, 0.3) is 0 Å². The van der Waals surface area contributed by atoms with Crippen molar-refractivity contribution < 1.29 is 5.11 Å². The van der Waals surface area contributed by atoms with Gasteiger partial charge in [0.1, 0.15) is 5.82 Å². The molecular weight excluding hydrogens is 252 g/mol. The number of aryl methyl sites for hydroxylation is 1. The predicted molar refractivity (Wildman–Crippen MR) is 78.8 cm³/mol. The van der Waals surface area contributed by atoms with Gasteiger partial charge < -0.3 is 14.9 Å². The minimum Gasteiger partial charge on any atom is -0.396 e. The van der Waals surface area contributed by atoms with E-state index in [2.05, 4.69) is 26.8 Å². The van der Waals surface area contributed by atoms with E-state index >= 15 is 0 Å². The number of nitrogens with zero attached hydrogens (tertiary/aromatic N) is 4. The van der Waals surface area contributed by atoms with Crippen molar-refractivity contribution in [3.8, 4) is 0 Å². The summed E-state index contributed by atoms with van der Waals surface area (Å²) in [5, 5.41) is 9.92. The maximum Gasteiger partial charge on any atom is 0.147 e. The third-order valence-electron chi connectivity index (χ3n) is 5.08. The van der Waals surface area contributed by atoms with E-state index in [1.54, 1.807) is 6.20 Å². The molecule has 1 N–H and O–H groups in total. The van der Waals surface area contributed by atoms with Gasteiger partial charge in [0.05, 0.1) is 18.5 Å². The zero-order valence-electron chi connectivity index (χ0n) is 12.4. The van der Waals surface area contributed by atoms with Gasteiger partial charge in [0.25, 0.3) is 0 Å². The van der Waals surface area contributed by atoms with Gasteiger partial charge in [-0.25, -0.2) is 4.98 Å². The Hall–Kier alpha value is -1.20. The third kappa shape index (κ3) is 2.29. The molecule has 0 radical (unpaired) electrons. The molecule has 0 unspecified atom stereocenters. The van der Waals surface area contributed by atoms with Crippen molar-refractivity contribution in [3.05, 3.63) is 18.1 Å². The quantitative estimate of drug-likeness (QED) is 0.875. The second-order valence-electron chi connectivity index (χ2n) is 6.34. The van der Waals surface area contributed by atoms with Crippen molar-refractivity contribution in [2.45, 2.75) is 32.2 Å². The number of aliphatic hydroxyl groups is 1. The highest BCUT2D eigenvalue weighted by molar-refractivity contribution is 5.38. The van der Waals surface area contributed by atoms with Gasteiger partial charge in [-0.3, -0.25) is 4.98 Å². The van der Waals surface area contributed by atoms with Crippen LogP contribution in [0.3, 0.4) is 0 Å². The molecule has 3 heterocycles. The van der Waals surface area contributed by atoms with E-state index in [-0.39, 0.29) is 5.41 Å². The summed E-state index contributed by atoms with van der Waals surface area (Å²) >= 11 is 0. The number of anilines is 1. The molecular formula is C15H24N4O. The summed E-state index contributed by atoms with van der Waals surface area (Å²) in [6, 6.07) is 0.414. The highest BCUT2D eigenvalue weighted by atomic mass is 16.3. The number of likely N-dealkylation sites (tertiary alicyclic amines) is 1. The first-order chi connectivity index (χ1) is 9.64. The zero-order chi connectivity index (χ0) is 14.2. The second kappa shape index (κ2) is 5.30. The average Bonchev–Trinajstić information content (AvgIpc) is 2.47. The van der Waals surface area contributed by atoms with Crippen LogP contribution in [0.5, 0.6) is 0 Å². The minimum atomic E-state index is 0.0841. The summed E-state index contributed by atoms with van der Waals surface area (Å²) in [6.07, 6.45) is 7.01. The average molecular weight is 276 g/mol. The topological polar surface area (TPSA) is 52.5 Å². The normalized spacial score (nSPS) is 31.1. The summed E-state index contributed by atoms with van der Waals surface area (Å²) in [7, 11) is 2.18. The Morgan fingerprint density at radius 1 is 1.35 bits per heavy atom. The van der Waals surface area contributed by atoms with Crippen LogP contribution in [0, 0.1) is 12.3 Å². The molecule has 1 aromatic heterocycles. The fourth-order valence-electron chi connectivity index (χ4n) is 3.83. The third-order valence-corrected chi connectivity index (χ3v) is 5.08. The van der Waals surface area contributed by atoms with Crippen molar-refractivity contribution >= 4 is 5.82 Å². The molecule has 0 aromatic carbocycles. The standard InChI is InChI=1S/C15H24N4O/c1-12-8-16-9-14(17-12)19-7-5-15(11-20)4-3-6-18(2)13(15)10-19/h8-9,13,20H,3-7,10-11H2,1-2H3/t13-,15-/m1/s1. The van der Waals surface area contributed by atoms with Gasteiger partial charge in [0, 0.05) is 30.7 Å². The lowest BCUT2D eigenvalue weighted by molar-refractivity contribution is -0.0277. The zero-order valence-corrected chi connectivity index (χ0v) is 12.4. The molecule has 2 fully saturated rings. The lowest BCUT2D eigenvalue weighted by Crippen LogP contribution is -2.61. The van der Waals surface area contributed by atoms with Gasteiger partial charge in [0.2, 0.25) is 0 Å². The van der Waals surface area contributed by atoms with Crippen LogP contribution >= 0.6 is 0 Å². The first-order valence-corrected chi connectivity index (χ1v) is 7.49. The van der Waals surface area contributed by atoms with Crippen LogP contribution in [0.4, 0.5) is 5.82 Å². The highest BCUT2D eigenvalue weighted by Crippen LogP contribution is 2.42. The molecule has 0 amide bonds. The van der Waals surface area contributed by atoms with Gasteiger partial charge in [-0.15, -0.1) is 0 Å². The molecule has 3 rings (SSSR count). The Balaban J connectivity index is 1.83. The number of piperidine rings is 2. The molecule has 2 aliphatic heterocycles. The monoisotopic (exact) mass is 276 g/mol. The van der Waals surface area contributed by atoms with E-state index in [0.717, 1.165) is 44.0 Å². The van der Waals surface area contributed by atoms with E-state index in [9.17, 15) is 5.11 Å². The summed E-state index contributed by atoms with van der Waals surface area (Å²) in [5.74, 6) is 0.968. The van der Waals surface area contributed by atoms with Crippen molar-refractivity contribution in [2.75, 3.05) is 38.2 Å². The smallest absolute Gasteiger partial charge is 0.147 e. The molecule has 5 heteroatoms. The maximum absolute atomic E-state index is 9.92. The summed E-state index contributed by atoms with van der Waals surface area (Å²) in [5.41, 5.74) is 1.04. The first kappa shape index (κ1) is 13.8. The molecule has 2 aliphatic rings. The number of rotatable bonds is 2. The molecule has 0 spiro atoms. The molecule has 0 aliphatic carbocycles. The van der Waals surface area contributed by atoms with Crippen LogP contribution < -0.4 is 4.90 Å². The molecule has 2 atom stereocenters. The van der Waals surface area contributed by atoms with Crippen molar-refractivity contribution in [1.82, 2.24) is 14.9 Å². The lowest BCUT2D eigenvalue weighted by Gasteiger charge is -2.53. The summed E-state index contributed by atoms with van der Waals surface area (Å²) < 4.78 is 0. The highest BCUT2D eigenvalue weighted by Gasteiger charge is 2.46. The van der Waals surface area contributed by atoms with Crippen molar-refractivity contribution in [3.63, 3.8) is 0 Å². The van der Waals surface area contributed by atoms with Crippen LogP contribution in [0.15, 0.2) is 12.4 Å². The van der Waals surface area contributed by atoms with Gasteiger partial charge in [-0.05, 0) is 39.8 Å². The Morgan fingerprint density at radius 3 is 2.95 bits per heavy atom. The predicted octanol–water partition coefficient (Wildman–Crippen LogP) is 1.07. The number of hydrogen-bond donors (Lipinski definition) is 1. The SMILES string of the molecule is Cc1cncc(N2CC[C@@]3(CO)CCCN(C)[C@@H]3C2)n1. The fourth-order valence-corrected chi connectivity index (χ4v) is 3.83. The van der Waals surface area contributed by atoms with E-state index in [1.807, 2.05) is 13.1 Å². The Bertz CT molecular complexity index is 481. The number of aliphatic hydroxyl groups excluding tert-OH is 1. The van der Waals surface area contributed by atoms with Crippen LogP contribution in [-0.2, 0) is 0 Å². The van der Waals surface area contributed by atoms with Crippen molar-refractivity contribution in [2.24, 2.45) is 5.41 Å². The Kier molecular flexibility index (Phi) is 3.65. The number of aromatic nitrogens is 2. The Labute approximate surface area is 120 Å². The van der Waals surface area contributed by atoms with Crippen LogP contribution in [0.1, 0.15) is 25.0 Å². The maximum atomic E-state index is 9.92. The molecule has 0 bridgehead atoms. The molecule has 1 aromatic rings. The fraction of sp³-hybridized carbons (Fsp3) is 0.733. The summed E-state index contributed by atoms with van der Waals surface area (Å²) in [6.45, 7) is 5.30. The van der Waals surface area contributed by atoms with Gasteiger partial charge >= 0.3 is 0 Å². The van der Waals surface area contributed by atoms with Crippen LogP contribution in [0.2, 0.25) is 0 Å². The molecule has 5 nitrogen and oxygen atoms in total. The van der Waals surface area contributed by atoms with E-state index in [0.29, 0.717) is 12.6 Å². The molecule has 20 heavy (non-hydrogen) atoms. The van der Waals surface area contributed by atoms with Crippen LogP contribution in [-0.4, -0.2) is 59.3 Å². The number of likely N-dealkylation sites (N-methyl/N-ethyl adjacent to an activating group) is 1. The van der Waals surface area contributed by atoms with E-state index in [4.69, 9.17) is 0 Å². The van der Waals surface area contributed by atoms with Gasteiger partial charge in [-0.2, -0.15) is 0 Å². The number of hydrogen-bond acceptors (Lipinski definition) is 5. The molecule has 2 saturated heterocycles. The van der Waals surface area contributed by atoms with Gasteiger partial charge in [-0.1, -0.05) is 0 Å². The largest absolute Gasteiger partial charge is 0.396 e. The lowest BCUT2D eigenvalue weighted by atomic mass is 9.69. The first-order valence-electron chi connectivity index (χ1n) is 7.49. The molecule has 110 valence electrons. The van der Waals surface area contributed by atoms with Gasteiger partial charge in [0.15, 0.2) is 0 Å². The van der Waals surface area contributed by atoms with E-state index in [1.165, 1.54) is 6.42 Å². The molecule has 0 saturated carbocycles. The van der Waals surface area contributed by atoms with Crippen molar-refractivity contribution in [1.29, 1.82) is 0 Å². The summed E-state index contributed by atoms with van der Waals surface area (Å²) in [4.78, 5) is 13.6. The van der Waals surface area contributed by atoms with E-state index < -0.39 is 0 Å².